The number of aromatic nitrogens is 1. The predicted octanol–water partition coefficient (Wildman–Crippen LogP) is 5.33. The van der Waals surface area contributed by atoms with Crippen LogP contribution >= 0.6 is 23.6 Å². The molecule has 0 aliphatic heterocycles. The van der Waals surface area contributed by atoms with Gasteiger partial charge in [-0.05, 0) is 84.2 Å². The van der Waals surface area contributed by atoms with Crippen LogP contribution in [0.1, 0.15) is 27.1 Å². The van der Waals surface area contributed by atoms with E-state index in [9.17, 15) is 4.79 Å². The summed E-state index contributed by atoms with van der Waals surface area (Å²) in [5, 5.41) is 7.15. The molecule has 4 aromatic rings. The summed E-state index contributed by atoms with van der Waals surface area (Å²) in [7, 11) is 0. The van der Waals surface area contributed by atoms with E-state index >= 15 is 0 Å². The lowest BCUT2D eigenvalue weighted by molar-refractivity contribution is 0.401. The van der Waals surface area contributed by atoms with Gasteiger partial charge in [-0.1, -0.05) is 36.4 Å². The Labute approximate surface area is 197 Å². The minimum absolute atomic E-state index is 0.0657. The van der Waals surface area contributed by atoms with Crippen molar-refractivity contribution >= 4 is 39.6 Å². The third-order valence-electron chi connectivity index (χ3n) is 5.64. The summed E-state index contributed by atoms with van der Waals surface area (Å²) in [6.07, 6.45) is 0.892. The smallest absolute Gasteiger partial charge is 0.253 e. The zero-order valence-electron chi connectivity index (χ0n) is 18.4. The molecule has 0 atom stereocenters. The maximum Gasteiger partial charge on any atom is 0.253 e. The van der Waals surface area contributed by atoms with Gasteiger partial charge in [-0.2, -0.15) is 0 Å². The molecule has 0 amide bonds. The first kappa shape index (κ1) is 22.2. The molecule has 0 aliphatic carbocycles. The van der Waals surface area contributed by atoms with Crippen molar-refractivity contribution < 1.29 is 0 Å². The van der Waals surface area contributed by atoms with Gasteiger partial charge in [-0.3, -0.25) is 4.79 Å². The highest BCUT2D eigenvalue weighted by atomic mass is 32.1. The van der Waals surface area contributed by atoms with Crippen molar-refractivity contribution in [1.29, 1.82) is 0 Å². The van der Waals surface area contributed by atoms with Crippen LogP contribution in [-0.2, 0) is 19.5 Å². The zero-order chi connectivity index (χ0) is 22.5. The molecule has 0 saturated heterocycles. The first-order chi connectivity index (χ1) is 15.5. The lowest BCUT2D eigenvalue weighted by atomic mass is 10.0. The second kappa shape index (κ2) is 10.1. The van der Waals surface area contributed by atoms with Gasteiger partial charge in [0.15, 0.2) is 5.11 Å². The van der Waals surface area contributed by atoms with Crippen molar-refractivity contribution in [2.45, 2.75) is 33.4 Å². The van der Waals surface area contributed by atoms with Crippen LogP contribution in [0.2, 0.25) is 0 Å². The molecule has 6 heteroatoms. The van der Waals surface area contributed by atoms with E-state index < -0.39 is 0 Å². The molecule has 4 nitrogen and oxygen atoms in total. The Morgan fingerprint density at radius 2 is 1.81 bits per heavy atom. The quantitative estimate of drug-likeness (QED) is 0.366. The number of thiophene rings is 1. The minimum Gasteiger partial charge on any atom is -0.362 e. The summed E-state index contributed by atoms with van der Waals surface area (Å²) in [6.45, 7) is 6.01. The van der Waals surface area contributed by atoms with Crippen molar-refractivity contribution in [3.63, 3.8) is 0 Å². The van der Waals surface area contributed by atoms with E-state index in [4.69, 9.17) is 12.2 Å². The van der Waals surface area contributed by atoms with E-state index in [2.05, 4.69) is 58.7 Å². The minimum atomic E-state index is -0.0657. The van der Waals surface area contributed by atoms with Gasteiger partial charge in [0, 0.05) is 22.5 Å². The Kier molecular flexibility index (Phi) is 7.02. The van der Waals surface area contributed by atoms with Crippen LogP contribution in [0.15, 0.2) is 70.8 Å². The molecule has 0 saturated carbocycles. The summed E-state index contributed by atoms with van der Waals surface area (Å²) >= 11 is 7.44. The molecule has 32 heavy (non-hydrogen) atoms. The number of H-pyrrole nitrogens is 1. The van der Waals surface area contributed by atoms with Crippen molar-refractivity contribution in [2.75, 3.05) is 6.54 Å². The Morgan fingerprint density at radius 3 is 2.56 bits per heavy atom. The third kappa shape index (κ3) is 5.44. The Balaban J connectivity index is 1.53. The molecule has 2 aromatic carbocycles. The van der Waals surface area contributed by atoms with Crippen LogP contribution in [0, 0.1) is 13.8 Å². The highest BCUT2D eigenvalue weighted by molar-refractivity contribution is 7.80. The summed E-state index contributed by atoms with van der Waals surface area (Å²) < 4.78 is 0. The van der Waals surface area contributed by atoms with Gasteiger partial charge >= 0.3 is 0 Å². The molecule has 2 N–H and O–H groups in total. The molecule has 2 heterocycles. The molecule has 164 valence electrons. The Morgan fingerprint density at radius 1 is 1.03 bits per heavy atom. The molecule has 0 bridgehead atoms. The number of thiocarbonyl (C=S) groups is 1. The van der Waals surface area contributed by atoms with Crippen molar-refractivity contribution in [3.8, 4) is 0 Å². The highest BCUT2D eigenvalue weighted by Crippen LogP contribution is 2.19. The number of rotatable bonds is 7. The van der Waals surface area contributed by atoms with Crippen LogP contribution in [0.25, 0.3) is 10.9 Å². The van der Waals surface area contributed by atoms with Gasteiger partial charge in [0.1, 0.15) is 0 Å². The molecule has 0 fully saturated rings. The van der Waals surface area contributed by atoms with Gasteiger partial charge in [0.2, 0.25) is 0 Å². The first-order valence-corrected chi connectivity index (χ1v) is 12.0. The van der Waals surface area contributed by atoms with Crippen molar-refractivity contribution in [1.82, 2.24) is 15.2 Å². The van der Waals surface area contributed by atoms with E-state index in [-0.39, 0.29) is 5.56 Å². The molecular formula is C26H27N3OS2. The van der Waals surface area contributed by atoms with Gasteiger partial charge < -0.3 is 15.2 Å². The van der Waals surface area contributed by atoms with Crippen LogP contribution < -0.4 is 10.9 Å². The molecule has 0 unspecified atom stereocenters. The first-order valence-electron chi connectivity index (χ1n) is 10.7. The summed E-state index contributed by atoms with van der Waals surface area (Å²) in [6, 6.07) is 20.7. The van der Waals surface area contributed by atoms with Gasteiger partial charge in [-0.25, -0.2) is 0 Å². The number of hydrogen-bond acceptors (Lipinski definition) is 3. The van der Waals surface area contributed by atoms with E-state index in [1.54, 1.807) is 11.3 Å². The Bertz CT molecular complexity index is 1260. The fraction of sp³-hybridized carbons (Fsp3) is 0.231. The molecule has 0 radical (unpaired) electrons. The maximum atomic E-state index is 12.8. The van der Waals surface area contributed by atoms with Gasteiger partial charge in [-0.15, -0.1) is 11.3 Å². The lowest BCUT2D eigenvalue weighted by Crippen LogP contribution is -2.40. The molecular weight excluding hydrogens is 434 g/mol. The van der Waals surface area contributed by atoms with Crippen LogP contribution in [0.5, 0.6) is 0 Å². The number of fused-ring (bicyclic) bond motifs is 1. The van der Waals surface area contributed by atoms with E-state index in [1.165, 1.54) is 21.6 Å². The van der Waals surface area contributed by atoms with Crippen LogP contribution in [-0.4, -0.2) is 21.5 Å². The molecule has 0 spiro atoms. The zero-order valence-corrected chi connectivity index (χ0v) is 20.0. The number of aromatic amines is 1. The highest BCUT2D eigenvalue weighted by Gasteiger charge is 2.15. The molecule has 2 aromatic heterocycles. The lowest BCUT2D eigenvalue weighted by Gasteiger charge is -2.25. The molecule has 4 rings (SSSR count). The largest absolute Gasteiger partial charge is 0.362 e. The van der Waals surface area contributed by atoms with Gasteiger partial charge in [0.25, 0.3) is 5.56 Å². The average Bonchev–Trinajstić information content (AvgIpc) is 3.29. The fourth-order valence-electron chi connectivity index (χ4n) is 3.71. The second-order valence-electron chi connectivity index (χ2n) is 8.05. The second-order valence-corrected chi connectivity index (χ2v) is 9.47. The van der Waals surface area contributed by atoms with Crippen LogP contribution in [0.3, 0.4) is 0 Å². The van der Waals surface area contributed by atoms with E-state index in [0.29, 0.717) is 23.8 Å². The number of hydrogen-bond donors (Lipinski definition) is 2. The Hall–Kier alpha value is -2.96. The van der Waals surface area contributed by atoms with Gasteiger partial charge in [0.05, 0.1) is 13.1 Å². The van der Waals surface area contributed by atoms with E-state index in [0.717, 1.165) is 23.9 Å². The van der Waals surface area contributed by atoms with Crippen LogP contribution in [0.4, 0.5) is 0 Å². The summed E-state index contributed by atoms with van der Waals surface area (Å²) in [4.78, 5) is 19.2. The monoisotopic (exact) mass is 461 g/mol. The van der Waals surface area contributed by atoms with Crippen molar-refractivity contribution in [3.05, 3.63) is 104 Å². The number of benzene rings is 2. The predicted molar refractivity (Wildman–Crippen MR) is 138 cm³/mol. The fourth-order valence-corrected chi connectivity index (χ4v) is 4.66. The SMILES string of the molecule is Cc1cc2cc(CN(Cc3cccs3)C(=S)NCCc3ccccc3)c(=O)[nH]c2cc1C. The summed E-state index contributed by atoms with van der Waals surface area (Å²) in [5.74, 6) is 0. The standard InChI is InChI=1S/C26H27N3OS2/c1-18-13-21-15-22(25(30)28-24(21)14-19(18)2)16-29(17-23-9-6-12-32-23)26(31)27-11-10-20-7-4-3-5-8-20/h3-9,12-15H,10-11,16-17H2,1-2H3,(H,27,31)(H,28,30). The third-order valence-corrected chi connectivity index (χ3v) is 6.91. The number of nitrogens with one attached hydrogen (secondary N) is 2. The van der Waals surface area contributed by atoms with E-state index in [1.807, 2.05) is 36.4 Å². The summed E-state index contributed by atoms with van der Waals surface area (Å²) in [5.41, 5.74) is 5.17. The number of pyridine rings is 1. The topological polar surface area (TPSA) is 48.1 Å². The average molecular weight is 462 g/mol. The maximum absolute atomic E-state index is 12.8. The normalized spacial score (nSPS) is 10.9. The molecule has 0 aliphatic rings. The number of nitrogens with zero attached hydrogens (tertiary/aromatic N) is 1. The van der Waals surface area contributed by atoms with Crippen molar-refractivity contribution in [2.24, 2.45) is 0 Å². The number of aryl methyl sites for hydroxylation is 2.